The predicted octanol–water partition coefficient (Wildman–Crippen LogP) is 3.92. The lowest BCUT2D eigenvalue weighted by atomic mass is 10.1. The maximum atomic E-state index is 5.73. The van der Waals surface area contributed by atoms with E-state index >= 15 is 0 Å². The molecular formula is C17H23NO2. The smallest absolute Gasteiger partial charge is 0.146 e. The van der Waals surface area contributed by atoms with Gasteiger partial charge in [-0.25, -0.2) is 0 Å². The molecule has 0 aliphatic carbocycles. The van der Waals surface area contributed by atoms with Crippen molar-refractivity contribution in [1.29, 1.82) is 0 Å². The Morgan fingerprint density at radius 3 is 2.50 bits per heavy atom. The number of furan rings is 1. The number of benzene rings is 1. The fourth-order valence-corrected chi connectivity index (χ4v) is 2.06. The van der Waals surface area contributed by atoms with E-state index in [4.69, 9.17) is 9.15 Å². The van der Waals surface area contributed by atoms with E-state index in [1.807, 2.05) is 31.3 Å². The molecule has 1 aromatic carbocycles. The maximum absolute atomic E-state index is 5.73. The molecule has 0 aliphatic rings. The Labute approximate surface area is 121 Å². The molecule has 0 fully saturated rings. The van der Waals surface area contributed by atoms with Crippen LogP contribution in [0.4, 0.5) is 0 Å². The van der Waals surface area contributed by atoms with Gasteiger partial charge in [0.05, 0.1) is 6.54 Å². The molecule has 0 spiro atoms. The van der Waals surface area contributed by atoms with Gasteiger partial charge in [-0.3, -0.25) is 0 Å². The van der Waals surface area contributed by atoms with E-state index in [-0.39, 0.29) is 0 Å². The van der Waals surface area contributed by atoms with E-state index in [9.17, 15) is 0 Å². The number of hydrogen-bond donors (Lipinski definition) is 1. The zero-order chi connectivity index (χ0) is 14.2. The molecule has 108 valence electrons. The Kier molecular flexibility index (Phi) is 5.69. The Bertz CT molecular complexity index is 502. The van der Waals surface area contributed by atoms with Crippen molar-refractivity contribution in [3.63, 3.8) is 0 Å². The number of ether oxygens (including phenoxy) is 1. The minimum Gasteiger partial charge on any atom is -0.486 e. The van der Waals surface area contributed by atoms with Crippen LogP contribution in [0.15, 0.2) is 40.8 Å². The van der Waals surface area contributed by atoms with Gasteiger partial charge < -0.3 is 14.5 Å². The molecule has 2 aromatic rings. The lowest BCUT2D eigenvalue weighted by molar-refractivity contribution is 0.265. The van der Waals surface area contributed by atoms with Crippen molar-refractivity contribution in [2.24, 2.45) is 0 Å². The van der Waals surface area contributed by atoms with Crippen molar-refractivity contribution in [3.05, 3.63) is 53.5 Å². The standard InChI is InChI=1S/C17H23NO2/c1-3-4-5-14-6-8-15(9-7-14)19-13-17-11-10-16(20-17)12-18-2/h6-11,18H,3-5,12-13H2,1-2H3. The summed E-state index contributed by atoms with van der Waals surface area (Å²) < 4.78 is 11.4. The highest BCUT2D eigenvalue weighted by Crippen LogP contribution is 2.16. The number of aryl methyl sites for hydroxylation is 1. The van der Waals surface area contributed by atoms with Gasteiger partial charge in [-0.2, -0.15) is 0 Å². The molecule has 1 N–H and O–H groups in total. The van der Waals surface area contributed by atoms with Gasteiger partial charge in [-0.15, -0.1) is 0 Å². The van der Waals surface area contributed by atoms with Crippen LogP contribution in [0.5, 0.6) is 5.75 Å². The second-order valence-corrected chi connectivity index (χ2v) is 4.93. The number of unbranched alkanes of at least 4 members (excludes halogenated alkanes) is 1. The summed E-state index contributed by atoms with van der Waals surface area (Å²) >= 11 is 0. The Morgan fingerprint density at radius 1 is 1.05 bits per heavy atom. The first-order valence-electron chi connectivity index (χ1n) is 7.25. The fraction of sp³-hybridized carbons (Fsp3) is 0.412. The molecule has 0 amide bonds. The van der Waals surface area contributed by atoms with Crippen molar-refractivity contribution in [2.45, 2.75) is 39.3 Å². The minimum absolute atomic E-state index is 0.470. The fourth-order valence-electron chi connectivity index (χ4n) is 2.06. The quantitative estimate of drug-likeness (QED) is 0.791. The first-order chi connectivity index (χ1) is 9.81. The second-order valence-electron chi connectivity index (χ2n) is 4.93. The average molecular weight is 273 g/mol. The lowest BCUT2D eigenvalue weighted by Crippen LogP contribution is -2.03. The number of hydrogen-bond acceptors (Lipinski definition) is 3. The van der Waals surface area contributed by atoms with Gasteiger partial charge in [0.25, 0.3) is 0 Å². The lowest BCUT2D eigenvalue weighted by Gasteiger charge is -2.05. The van der Waals surface area contributed by atoms with Crippen molar-refractivity contribution >= 4 is 0 Å². The molecule has 3 heteroatoms. The van der Waals surface area contributed by atoms with Gasteiger partial charge >= 0.3 is 0 Å². The Balaban J connectivity index is 1.83. The largest absolute Gasteiger partial charge is 0.486 e. The van der Waals surface area contributed by atoms with Gasteiger partial charge in [0.2, 0.25) is 0 Å². The highest BCUT2D eigenvalue weighted by atomic mass is 16.5. The molecule has 0 bridgehead atoms. The van der Waals surface area contributed by atoms with Crippen LogP contribution in [0.2, 0.25) is 0 Å². The first-order valence-corrected chi connectivity index (χ1v) is 7.25. The monoisotopic (exact) mass is 273 g/mol. The van der Waals surface area contributed by atoms with E-state index in [1.54, 1.807) is 0 Å². The third-order valence-corrected chi connectivity index (χ3v) is 3.19. The molecule has 0 radical (unpaired) electrons. The zero-order valence-electron chi connectivity index (χ0n) is 12.3. The molecule has 0 saturated carbocycles. The minimum atomic E-state index is 0.470. The maximum Gasteiger partial charge on any atom is 0.146 e. The van der Waals surface area contributed by atoms with Crippen LogP contribution < -0.4 is 10.1 Å². The molecule has 1 aromatic heterocycles. The summed E-state index contributed by atoms with van der Waals surface area (Å²) in [5, 5.41) is 3.06. The average Bonchev–Trinajstić information content (AvgIpc) is 2.92. The number of rotatable bonds is 8. The van der Waals surface area contributed by atoms with Crippen LogP contribution in [0.3, 0.4) is 0 Å². The van der Waals surface area contributed by atoms with Gasteiger partial charge in [0, 0.05) is 0 Å². The van der Waals surface area contributed by atoms with E-state index in [1.165, 1.54) is 18.4 Å². The summed E-state index contributed by atoms with van der Waals surface area (Å²) in [6, 6.07) is 12.3. The zero-order valence-corrected chi connectivity index (χ0v) is 12.3. The van der Waals surface area contributed by atoms with Crippen molar-refractivity contribution in [2.75, 3.05) is 7.05 Å². The molecule has 0 saturated heterocycles. The van der Waals surface area contributed by atoms with Crippen molar-refractivity contribution in [3.8, 4) is 5.75 Å². The SMILES string of the molecule is CCCCc1ccc(OCc2ccc(CNC)o2)cc1. The highest BCUT2D eigenvalue weighted by Gasteiger charge is 2.02. The van der Waals surface area contributed by atoms with Gasteiger partial charge in [-0.1, -0.05) is 25.5 Å². The molecule has 0 atom stereocenters. The third-order valence-electron chi connectivity index (χ3n) is 3.19. The normalized spacial score (nSPS) is 10.7. The molecule has 0 unspecified atom stereocenters. The van der Waals surface area contributed by atoms with Crippen LogP contribution in [0.1, 0.15) is 36.8 Å². The molecule has 0 aliphatic heterocycles. The number of nitrogens with one attached hydrogen (secondary N) is 1. The summed E-state index contributed by atoms with van der Waals surface area (Å²) in [7, 11) is 1.90. The van der Waals surface area contributed by atoms with Crippen LogP contribution in [0.25, 0.3) is 0 Å². The van der Waals surface area contributed by atoms with Crippen LogP contribution >= 0.6 is 0 Å². The molecule has 3 nitrogen and oxygen atoms in total. The third kappa shape index (κ3) is 4.42. The topological polar surface area (TPSA) is 34.4 Å². The molecule has 20 heavy (non-hydrogen) atoms. The molecular weight excluding hydrogens is 250 g/mol. The van der Waals surface area contributed by atoms with Gasteiger partial charge in [-0.05, 0) is 49.7 Å². The summed E-state index contributed by atoms with van der Waals surface area (Å²) in [4.78, 5) is 0. The second kappa shape index (κ2) is 7.75. The summed E-state index contributed by atoms with van der Waals surface area (Å²) in [6.45, 7) is 3.42. The van der Waals surface area contributed by atoms with E-state index in [2.05, 4.69) is 24.4 Å². The Morgan fingerprint density at radius 2 is 1.80 bits per heavy atom. The summed E-state index contributed by atoms with van der Waals surface area (Å²) in [5.74, 6) is 2.67. The van der Waals surface area contributed by atoms with Gasteiger partial charge in [0.1, 0.15) is 23.9 Å². The van der Waals surface area contributed by atoms with Gasteiger partial charge in [0.15, 0.2) is 0 Å². The summed E-state index contributed by atoms with van der Waals surface area (Å²) in [5.41, 5.74) is 1.37. The van der Waals surface area contributed by atoms with Crippen LogP contribution in [-0.4, -0.2) is 7.05 Å². The van der Waals surface area contributed by atoms with Crippen LogP contribution in [0, 0.1) is 0 Å². The predicted molar refractivity (Wildman–Crippen MR) is 80.9 cm³/mol. The molecule has 1 heterocycles. The highest BCUT2D eigenvalue weighted by molar-refractivity contribution is 5.27. The van der Waals surface area contributed by atoms with Crippen molar-refractivity contribution in [1.82, 2.24) is 5.32 Å². The summed E-state index contributed by atoms with van der Waals surface area (Å²) in [6.07, 6.45) is 3.61. The van der Waals surface area contributed by atoms with E-state index < -0.39 is 0 Å². The van der Waals surface area contributed by atoms with Crippen molar-refractivity contribution < 1.29 is 9.15 Å². The van der Waals surface area contributed by atoms with Crippen LogP contribution in [-0.2, 0) is 19.6 Å². The molecule has 2 rings (SSSR count). The van der Waals surface area contributed by atoms with E-state index in [0.29, 0.717) is 6.61 Å². The Hall–Kier alpha value is -1.74. The first kappa shape index (κ1) is 14.7. The van der Waals surface area contributed by atoms with E-state index in [0.717, 1.165) is 30.2 Å².